The number of hydrogen-bond acceptors (Lipinski definition) is 4. The average molecular weight is 382 g/mol. The Kier molecular flexibility index (Phi) is 5.37. The lowest BCUT2D eigenvalue weighted by Crippen LogP contribution is -2.14. The second-order valence-electron chi connectivity index (χ2n) is 6.31. The third-order valence-electron chi connectivity index (χ3n) is 4.14. The van der Waals surface area contributed by atoms with E-state index in [2.05, 4.69) is 10.0 Å². The third kappa shape index (κ3) is 4.60. The fraction of sp³-hybridized carbons (Fsp3) is 0.143. The molecule has 0 saturated carbocycles. The molecule has 0 aliphatic carbocycles. The lowest BCUT2D eigenvalue weighted by Gasteiger charge is -2.12. The Balaban J connectivity index is 1.73. The molecule has 0 aromatic heterocycles. The summed E-state index contributed by atoms with van der Waals surface area (Å²) in [6, 6.07) is 20.0. The van der Waals surface area contributed by atoms with E-state index in [-0.39, 0.29) is 4.90 Å². The molecule has 0 bridgehead atoms. The smallest absolute Gasteiger partial charge is 0.262 e. The zero-order valence-corrected chi connectivity index (χ0v) is 16.3. The molecular formula is C21H22N2O3S. The Morgan fingerprint density at radius 1 is 0.778 bits per heavy atom. The first-order valence-corrected chi connectivity index (χ1v) is 9.97. The molecule has 0 amide bonds. The summed E-state index contributed by atoms with van der Waals surface area (Å²) in [6.07, 6.45) is 0. The minimum absolute atomic E-state index is 0.286. The molecule has 2 N–H and O–H groups in total. The lowest BCUT2D eigenvalue weighted by atomic mass is 10.2. The van der Waals surface area contributed by atoms with Crippen LogP contribution in [-0.4, -0.2) is 15.5 Å². The van der Waals surface area contributed by atoms with Gasteiger partial charge >= 0.3 is 0 Å². The van der Waals surface area contributed by atoms with Gasteiger partial charge in [-0.3, -0.25) is 4.72 Å². The predicted molar refractivity (Wildman–Crippen MR) is 109 cm³/mol. The molecule has 3 aromatic rings. The SMILES string of the molecule is COc1ccc(Nc2ccc(NS(=O)(=O)c3ccc(C)cc3C)cc2)cc1. The molecule has 27 heavy (non-hydrogen) atoms. The van der Waals surface area contributed by atoms with E-state index in [9.17, 15) is 8.42 Å². The van der Waals surface area contributed by atoms with Gasteiger partial charge in [0.25, 0.3) is 10.0 Å². The van der Waals surface area contributed by atoms with E-state index in [0.717, 1.165) is 28.3 Å². The highest BCUT2D eigenvalue weighted by Gasteiger charge is 2.16. The van der Waals surface area contributed by atoms with Crippen LogP contribution >= 0.6 is 0 Å². The molecule has 3 aromatic carbocycles. The van der Waals surface area contributed by atoms with Crippen LogP contribution in [0.3, 0.4) is 0 Å². The molecule has 5 nitrogen and oxygen atoms in total. The van der Waals surface area contributed by atoms with Crippen LogP contribution in [0.4, 0.5) is 17.1 Å². The Morgan fingerprint density at radius 2 is 1.33 bits per heavy atom. The summed E-state index contributed by atoms with van der Waals surface area (Å²) in [4.78, 5) is 0.286. The molecule has 6 heteroatoms. The van der Waals surface area contributed by atoms with Gasteiger partial charge in [0.2, 0.25) is 0 Å². The summed E-state index contributed by atoms with van der Waals surface area (Å²) in [5.74, 6) is 0.789. The topological polar surface area (TPSA) is 67.4 Å². The van der Waals surface area contributed by atoms with E-state index in [4.69, 9.17) is 4.74 Å². The van der Waals surface area contributed by atoms with Gasteiger partial charge in [-0.1, -0.05) is 17.7 Å². The Hall–Kier alpha value is -2.99. The second kappa shape index (κ2) is 7.72. The number of methoxy groups -OCH3 is 1. The van der Waals surface area contributed by atoms with Crippen molar-refractivity contribution in [3.63, 3.8) is 0 Å². The minimum Gasteiger partial charge on any atom is -0.497 e. The van der Waals surface area contributed by atoms with Crippen molar-refractivity contribution in [3.8, 4) is 5.75 Å². The molecule has 0 radical (unpaired) electrons. The highest BCUT2D eigenvalue weighted by molar-refractivity contribution is 7.92. The molecule has 140 valence electrons. The quantitative estimate of drug-likeness (QED) is 0.639. The maximum atomic E-state index is 12.6. The second-order valence-corrected chi connectivity index (χ2v) is 7.96. The van der Waals surface area contributed by atoms with Crippen LogP contribution in [0.1, 0.15) is 11.1 Å². The van der Waals surface area contributed by atoms with Gasteiger partial charge in [-0.2, -0.15) is 0 Å². The van der Waals surface area contributed by atoms with Crippen molar-refractivity contribution in [1.29, 1.82) is 0 Å². The van der Waals surface area contributed by atoms with Gasteiger partial charge in [0.15, 0.2) is 0 Å². The summed E-state index contributed by atoms with van der Waals surface area (Å²) in [6.45, 7) is 3.73. The van der Waals surface area contributed by atoms with Crippen molar-refractivity contribution in [2.24, 2.45) is 0 Å². The summed E-state index contributed by atoms with van der Waals surface area (Å²) in [7, 11) is -2.00. The van der Waals surface area contributed by atoms with Crippen LogP contribution in [-0.2, 0) is 10.0 Å². The number of rotatable bonds is 6. The van der Waals surface area contributed by atoms with Gasteiger partial charge < -0.3 is 10.1 Å². The van der Waals surface area contributed by atoms with Gasteiger partial charge in [-0.15, -0.1) is 0 Å². The number of benzene rings is 3. The standard InChI is InChI=1S/C21H22N2O3S/c1-15-4-13-21(16(2)14-15)27(24,25)23-19-7-5-17(6-8-19)22-18-9-11-20(26-3)12-10-18/h4-14,22-23H,1-3H3. The molecular weight excluding hydrogens is 360 g/mol. The number of hydrogen-bond donors (Lipinski definition) is 2. The van der Waals surface area contributed by atoms with Crippen molar-refractivity contribution in [2.75, 3.05) is 17.1 Å². The van der Waals surface area contributed by atoms with E-state index in [1.54, 1.807) is 38.3 Å². The number of anilines is 3. The third-order valence-corrected chi connectivity index (χ3v) is 5.68. The molecule has 0 unspecified atom stereocenters. The molecule has 0 heterocycles. The Labute approximate surface area is 160 Å². The zero-order chi connectivity index (χ0) is 19.4. The van der Waals surface area contributed by atoms with Crippen LogP contribution < -0.4 is 14.8 Å². The number of ether oxygens (including phenoxy) is 1. The molecule has 0 fully saturated rings. The summed E-state index contributed by atoms with van der Waals surface area (Å²) >= 11 is 0. The first-order valence-electron chi connectivity index (χ1n) is 8.48. The van der Waals surface area contributed by atoms with Gasteiger partial charge in [0, 0.05) is 17.1 Å². The maximum Gasteiger partial charge on any atom is 0.262 e. The lowest BCUT2D eigenvalue weighted by molar-refractivity contribution is 0.415. The predicted octanol–water partition coefficient (Wildman–Crippen LogP) is 4.86. The van der Waals surface area contributed by atoms with Crippen LogP contribution in [0.25, 0.3) is 0 Å². The van der Waals surface area contributed by atoms with Crippen molar-refractivity contribution in [2.45, 2.75) is 18.7 Å². The van der Waals surface area contributed by atoms with Gasteiger partial charge in [-0.25, -0.2) is 8.42 Å². The normalized spacial score (nSPS) is 11.1. The highest BCUT2D eigenvalue weighted by atomic mass is 32.2. The molecule has 0 aliphatic rings. The number of sulfonamides is 1. The van der Waals surface area contributed by atoms with E-state index in [1.165, 1.54) is 0 Å². The van der Waals surface area contributed by atoms with Crippen LogP contribution in [0.15, 0.2) is 71.6 Å². The highest BCUT2D eigenvalue weighted by Crippen LogP contribution is 2.24. The van der Waals surface area contributed by atoms with Crippen molar-refractivity contribution < 1.29 is 13.2 Å². The fourth-order valence-corrected chi connectivity index (χ4v) is 4.06. The van der Waals surface area contributed by atoms with E-state index in [1.807, 2.05) is 49.4 Å². The van der Waals surface area contributed by atoms with Crippen LogP contribution in [0.2, 0.25) is 0 Å². The largest absolute Gasteiger partial charge is 0.497 e. The molecule has 0 atom stereocenters. The number of aryl methyl sites for hydroxylation is 2. The average Bonchev–Trinajstić information content (AvgIpc) is 2.63. The first-order chi connectivity index (χ1) is 12.9. The van der Waals surface area contributed by atoms with Crippen LogP contribution in [0.5, 0.6) is 5.75 Å². The summed E-state index contributed by atoms with van der Waals surface area (Å²) < 4.78 is 33.0. The van der Waals surface area contributed by atoms with Gasteiger partial charge in [0.1, 0.15) is 5.75 Å². The first kappa shape index (κ1) is 18.8. The Bertz CT molecular complexity index is 1030. The minimum atomic E-state index is -3.62. The van der Waals surface area contributed by atoms with E-state index in [0.29, 0.717) is 5.69 Å². The zero-order valence-electron chi connectivity index (χ0n) is 15.5. The summed E-state index contributed by atoms with van der Waals surface area (Å²) in [5.41, 5.74) is 4.03. The maximum absolute atomic E-state index is 12.6. The summed E-state index contributed by atoms with van der Waals surface area (Å²) in [5, 5.41) is 3.26. The van der Waals surface area contributed by atoms with Crippen molar-refractivity contribution >= 4 is 27.1 Å². The molecule has 3 rings (SSSR count). The molecule has 0 aliphatic heterocycles. The molecule has 0 saturated heterocycles. The van der Waals surface area contributed by atoms with Crippen molar-refractivity contribution in [3.05, 3.63) is 77.9 Å². The van der Waals surface area contributed by atoms with Crippen LogP contribution in [0, 0.1) is 13.8 Å². The monoisotopic (exact) mass is 382 g/mol. The van der Waals surface area contributed by atoms with Crippen molar-refractivity contribution in [1.82, 2.24) is 0 Å². The van der Waals surface area contributed by atoms with E-state index < -0.39 is 10.0 Å². The van der Waals surface area contributed by atoms with E-state index >= 15 is 0 Å². The Morgan fingerprint density at radius 3 is 1.89 bits per heavy atom. The molecule has 0 spiro atoms. The van der Waals surface area contributed by atoms with Gasteiger partial charge in [0.05, 0.1) is 12.0 Å². The van der Waals surface area contributed by atoms with Gasteiger partial charge in [-0.05, 0) is 74.0 Å². The number of nitrogens with one attached hydrogen (secondary N) is 2. The fourth-order valence-electron chi connectivity index (χ4n) is 2.77.